The maximum atomic E-state index is 12.6. The number of nitrogens with one attached hydrogen (secondary N) is 1. The Bertz CT molecular complexity index is 845. The summed E-state index contributed by atoms with van der Waals surface area (Å²) >= 11 is 0. The molecule has 2 aromatic rings. The van der Waals surface area contributed by atoms with Crippen LogP contribution in [-0.4, -0.2) is 17.4 Å². The number of benzene rings is 1. The molecule has 0 saturated carbocycles. The molecule has 9 heteroatoms. The minimum atomic E-state index is -4.61. The van der Waals surface area contributed by atoms with Crippen LogP contribution >= 0.6 is 0 Å². The first-order chi connectivity index (χ1) is 12.1. The van der Waals surface area contributed by atoms with E-state index in [1.807, 2.05) is 0 Å². The predicted octanol–water partition coefficient (Wildman–Crippen LogP) is 3.90. The highest BCUT2D eigenvalue weighted by molar-refractivity contribution is 5.94. The van der Waals surface area contributed by atoms with E-state index in [2.05, 4.69) is 22.1 Å². The second-order valence-corrected chi connectivity index (χ2v) is 4.99. The number of halogens is 6. The van der Waals surface area contributed by atoms with Gasteiger partial charge in [-0.05, 0) is 30.3 Å². The van der Waals surface area contributed by atoms with Crippen molar-refractivity contribution >= 4 is 5.91 Å². The predicted molar refractivity (Wildman–Crippen MR) is 79.9 cm³/mol. The summed E-state index contributed by atoms with van der Waals surface area (Å²) in [6.07, 6.45) is -8.31. The van der Waals surface area contributed by atoms with Gasteiger partial charge in [0.25, 0.3) is 5.91 Å². The van der Waals surface area contributed by atoms with Crippen LogP contribution in [0.1, 0.15) is 27.2 Å². The zero-order chi connectivity index (χ0) is 19.4. The molecule has 0 aliphatic heterocycles. The maximum absolute atomic E-state index is 12.6. The minimum absolute atomic E-state index is 0.0983. The van der Waals surface area contributed by atoms with Crippen molar-refractivity contribution in [1.82, 2.24) is 10.3 Å². The number of alkyl halides is 6. The van der Waals surface area contributed by atoms with E-state index in [0.717, 1.165) is 24.4 Å². The van der Waals surface area contributed by atoms with E-state index in [1.54, 1.807) is 0 Å². The van der Waals surface area contributed by atoms with Crippen LogP contribution in [0.5, 0.6) is 0 Å². The second-order valence-electron chi connectivity index (χ2n) is 4.99. The van der Waals surface area contributed by atoms with E-state index in [0.29, 0.717) is 6.07 Å². The lowest BCUT2D eigenvalue weighted by Gasteiger charge is -2.06. The Morgan fingerprint density at radius 1 is 1.04 bits per heavy atom. The summed E-state index contributed by atoms with van der Waals surface area (Å²) in [6, 6.07) is 6.00. The highest BCUT2D eigenvalue weighted by atomic mass is 19.4. The largest absolute Gasteiger partial charge is 0.433 e. The van der Waals surface area contributed by atoms with Gasteiger partial charge in [-0.15, -0.1) is 0 Å². The van der Waals surface area contributed by atoms with Crippen molar-refractivity contribution in [3.8, 4) is 11.8 Å². The van der Waals surface area contributed by atoms with Crippen LogP contribution in [0.2, 0.25) is 0 Å². The van der Waals surface area contributed by atoms with Gasteiger partial charge in [0.2, 0.25) is 0 Å². The standard InChI is InChI=1S/C17H10F6N2O/c18-16(19,20)13-5-1-3-11(9-13)4-2-8-24-15(26)12-6-7-14(25-10-12)17(21,22)23/h1,3,5-7,9-10H,8H2,(H,24,26). The Hall–Kier alpha value is -3.02. The summed E-state index contributed by atoms with van der Waals surface area (Å²) in [5.74, 6) is 4.23. The Kier molecular flexibility index (Phi) is 5.55. The number of rotatable bonds is 2. The van der Waals surface area contributed by atoms with Gasteiger partial charge in [0.1, 0.15) is 5.69 Å². The fraction of sp³-hybridized carbons (Fsp3) is 0.176. The summed E-state index contributed by atoms with van der Waals surface area (Å²) in [5, 5.41) is 2.32. The number of nitrogens with zero attached hydrogens (tertiary/aromatic N) is 1. The third kappa shape index (κ3) is 5.24. The van der Waals surface area contributed by atoms with Crippen LogP contribution in [0, 0.1) is 11.8 Å². The number of carbonyl (C=O) groups is 1. The van der Waals surface area contributed by atoms with Gasteiger partial charge in [-0.3, -0.25) is 9.78 Å². The number of aromatic nitrogens is 1. The van der Waals surface area contributed by atoms with Crippen LogP contribution in [0.15, 0.2) is 42.6 Å². The summed E-state index contributed by atoms with van der Waals surface area (Å²) in [4.78, 5) is 14.9. The third-order valence-corrected chi connectivity index (χ3v) is 3.08. The van der Waals surface area contributed by atoms with Crippen molar-refractivity contribution in [3.63, 3.8) is 0 Å². The maximum Gasteiger partial charge on any atom is 0.433 e. The molecule has 136 valence electrons. The molecule has 0 radical (unpaired) electrons. The molecule has 1 heterocycles. The Labute approximate surface area is 144 Å². The van der Waals surface area contributed by atoms with Crippen molar-refractivity contribution < 1.29 is 31.1 Å². The summed E-state index contributed by atoms with van der Waals surface area (Å²) in [5.41, 5.74) is -1.95. The molecule has 1 N–H and O–H groups in total. The SMILES string of the molecule is O=C(NCC#Cc1cccc(C(F)(F)F)c1)c1ccc(C(F)(F)F)nc1. The molecule has 26 heavy (non-hydrogen) atoms. The van der Waals surface area contributed by atoms with Crippen molar-refractivity contribution in [1.29, 1.82) is 0 Å². The van der Waals surface area contributed by atoms with E-state index < -0.39 is 29.5 Å². The first-order valence-corrected chi connectivity index (χ1v) is 7.05. The first kappa shape index (κ1) is 19.3. The van der Waals surface area contributed by atoms with Crippen LogP contribution in [0.3, 0.4) is 0 Å². The fourth-order valence-corrected chi connectivity index (χ4v) is 1.84. The molecule has 0 aliphatic rings. The number of carbonyl (C=O) groups excluding carboxylic acids is 1. The van der Waals surface area contributed by atoms with E-state index in [1.165, 1.54) is 12.1 Å². The smallest absolute Gasteiger partial charge is 0.341 e. The van der Waals surface area contributed by atoms with Gasteiger partial charge >= 0.3 is 12.4 Å². The average Bonchev–Trinajstić information content (AvgIpc) is 2.57. The van der Waals surface area contributed by atoms with E-state index in [-0.39, 0.29) is 17.7 Å². The van der Waals surface area contributed by atoms with Crippen molar-refractivity contribution in [3.05, 3.63) is 65.0 Å². The fourth-order valence-electron chi connectivity index (χ4n) is 1.84. The Morgan fingerprint density at radius 2 is 1.77 bits per heavy atom. The lowest BCUT2D eigenvalue weighted by molar-refractivity contribution is -0.141. The van der Waals surface area contributed by atoms with Gasteiger partial charge in [-0.1, -0.05) is 17.9 Å². The number of pyridine rings is 1. The van der Waals surface area contributed by atoms with Gasteiger partial charge in [0, 0.05) is 11.8 Å². The first-order valence-electron chi connectivity index (χ1n) is 7.05. The van der Waals surface area contributed by atoms with Crippen molar-refractivity contribution in [2.75, 3.05) is 6.54 Å². The third-order valence-electron chi connectivity index (χ3n) is 3.08. The minimum Gasteiger partial charge on any atom is -0.341 e. The molecule has 0 saturated heterocycles. The van der Waals surface area contributed by atoms with Crippen molar-refractivity contribution in [2.45, 2.75) is 12.4 Å². The lowest BCUT2D eigenvalue weighted by Crippen LogP contribution is -2.24. The molecule has 1 aromatic heterocycles. The summed E-state index contributed by atoms with van der Waals surface area (Å²) in [7, 11) is 0. The molecule has 3 nitrogen and oxygen atoms in total. The zero-order valence-corrected chi connectivity index (χ0v) is 12.9. The van der Waals surface area contributed by atoms with Crippen molar-refractivity contribution in [2.24, 2.45) is 0 Å². The quantitative estimate of drug-likeness (QED) is 0.642. The molecular formula is C17H10F6N2O. The Balaban J connectivity index is 1.96. The molecule has 0 spiro atoms. The molecule has 0 bridgehead atoms. The van der Waals surface area contributed by atoms with Gasteiger partial charge < -0.3 is 5.32 Å². The second kappa shape index (κ2) is 7.47. The molecule has 0 unspecified atom stereocenters. The lowest BCUT2D eigenvalue weighted by atomic mass is 10.1. The molecule has 2 rings (SSSR count). The monoisotopic (exact) mass is 372 g/mol. The summed E-state index contributed by atoms with van der Waals surface area (Å²) in [6.45, 7) is -0.198. The number of hydrogen-bond donors (Lipinski definition) is 1. The van der Waals surface area contributed by atoms with E-state index in [4.69, 9.17) is 0 Å². The van der Waals surface area contributed by atoms with Gasteiger partial charge in [0.05, 0.1) is 17.7 Å². The highest BCUT2D eigenvalue weighted by Gasteiger charge is 2.32. The van der Waals surface area contributed by atoms with Gasteiger partial charge in [-0.25, -0.2) is 0 Å². The topological polar surface area (TPSA) is 42.0 Å². The average molecular weight is 372 g/mol. The molecule has 0 atom stereocenters. The molecule has 1 amide bonds. The molecular weight excluding hydrogens is 362 g/mol. The molecule has 0 fully saturated rings. The Morgan fingerprint density at radius 3 is 2.35 bits per heavy atom. The number of hydrogen-bond acceptors (Lipinski definition) is 2. The highest BCUT2D eigenvalue weighted by Crippen LogP contribution is 2.29. The molecule has 0 aliphatic carbocycles. The van der Waals surface area contributed by atoms with Gasteiger partial charge in [0.15, 0.2) is 0 Å². The number of amides is 1. The van der Waals surface area contributed by atoms with Crippen LogP contribution < -0.4 is 5.32 Å². The van der Waals surface area contributed by atoms with E-state index >= 15 is 0 Å². The van der Waals surface area contributed by atoms with Crippen LogP contribution in [0.4, 0.5) is 26.3 Å². The van der Waals surface area contributed by atoms with Gasteiger partial charge in [-0.2, -0.15) is 26.3 Å². The molecule has 1 aromatic carbocycles. The van der Waals surface area contributed by atoms with Crippen LogP contribution in [0.25, 0.3) is 0 Å². The van der Waals surface area contributed by atoms with Crippen LogP contribution in [-0.2, 0) is 12.4 Å². The normalized spacial score (nSPS) is 11.5. The van der Waals surface area contributed by atoms with E-state index in [9.17, 15) is 31.1 Å². The zero-order valence-electron chi connectivity index (χ0n) is 12.9. The summed E-state index contributed by atoms with van der Waals surface area (Å²) < 4.78 is 74.9.